The molecule has 0 bridgehead atoms. The van der Waals surface area contributed by atoms with Crippen LogP contribution in [0.25, 0.3) is 33.7 Å². The minimum Gasteiger partial charge on any atom is -0.317 e. The third-order valence-corrected chi connectivity index (χ3v) is 6.69. The number of hydrogen-bond donors (Lipinski definition) is 1. The van der Waals surface area contributed by atoms with Gasteiger partial charge in [0.05, 0.1) is 0 Å². The Morgan fingerprint density at radius 1 is 0.868 bits per heavy atom. The van der Waals surface area contributed by atoms with Gasteiger partial charge in [0.1, 0.15) is 5.82 Å². The van der Waals surface area contributed by atoms with Crippen molar-refractivity contribution in [2.45, 2.75) is 66.1 Å². The molecule has 5 rings (SSSR count). The van der Waals surface area contributed by atoms with E-state index in [0.717, 1.165) is 34.5 Å². The molecular weight excluding hydrogens is 480 g/mol. The number of nitrogens with one attached hydrogen (secondary N) is 1. The number of imidazole rings is 1. The summed E-state index contributed by atoms with van der Waals surface area (Å²) < 4.78 is 5.01. The fourth-order valence-corrected chi connectivity index (χ4v) is 4.94. The van der Waals surface area contributed by atoms with Crippen LogP contribution < -0.4 is 11.2 Å². The van der Waals surface area contributed by atoms with E-state index in [1.165, 1.54) is 4.57 Å². The predicted octanol–water partition coefficient (Wildman–Crippen LogP) is 4.20. The topological polar surface area (TPSA) is 116 Å². The minimum atomic E-state index is -0.281. The molecule has 38 heavy (non-hydrogen) atoms. The third kappa shape index (κ3) is 4.46. The summed E-state index contributed by atoms with van der Waals surface area (Å²) in [5, 5.41) is 14.3. The summed E-state index contributed by atoms with van der Waals surface area (Å²) in [6.45, 7) is 9.48. The summed E-state index contributed by atoms with van der Waals surface area (Å²) in [5.41, 5.74) is 4.40. The fourth-order valence-electron chi connectivity index (χ4n) is 4.94. The number of aromatic nitrogens is 8. The number of fused-ring (bicyclic) bond motifs is 1. The van der Waals surface area contributed by atoms with E-state index >= 15 is 0 Å². The molecule has 0 saturated carbocycles. The Morgan fingerprint density at radius 3 is 2.18 bits per heavy atom. The molecular formula is C28H32N8O2. The molecule has 196 valence electrons. The lowest BCUT2D eigenvalue weighted by Gasteiger charge is -2.14. The molecule has 0 radical (unpaired) electrons. The van der Waals surface area contributed by atoms with Crippen LogP contribution in [0.4, 0.5) is 0 Å². The highest BCUT2D eigenvalue weighted by molar-refractivity contribution is 5.80. The molecule has 0 amide bonds. The Bertz CT molecular complexity index is 1680. The SMILES string of the molecule is CCCn1c(=O)c2c(nc(C(C)C)n2Cc2ccc(-c3ccccc3-c3nnn[nH]3)cc2)n(CCC)c1=O. The molecule has 3 aromatic heterocycles. The summed E-state index contributed by atoms with van der Waals surface area (Å²) in [4.78, 5) is 31.6. The second-order valence-corrected chi connectivity index (χ2v) is 9.77. The molecule has 0 unspecified atom stereocenters. The smallest absolute Gasteiger partial charge is 0.317 e. The van der Waals surface area contributed by atoms with Gasteiger partial charge in [-0.1, -0.05) is 76.2 Å². The van der Waals surface area contributed by atoms with Crippen molar-refractivity contribution < 1.29 is 0 Å². The van der Waals surface area contributed by atoms with Gasteiger partial charge >= 0.3 is 5.69 Å². The van der Waals surface area contributed by atoms with Crippen molar-refractivity contribution in [3.05, 3.63) is 80.8 Å². The molecule has 0 aliphatic carbocycles. The van der Waals surface area contributed by atoms with Crippen LogP contribution in [-0.2, 0) is 19.6 Å². The first-order chi connectivity index (χ1) is 18.4. The van der Waals surface area contributed by atoms with Gasteiger partial charge in [-0.05, 0) is 40.0 Å². The van der Waals surface area contributed by atoms with Crippen molar-refractivity contribution in [3.8, 4) is 22.5 Å². The molecule has 0 atom stereocenters. The standard InChI is InChI=1S/C28H32N8O2/c1-5-15-34-26-23(27(37)35(16-6-2)28(34)38)36(25(29-26)18(3)4)17-19-11-13-20(14-12-19)21-9-7-8-10-22(21)24-30-32-33-31-24/h7-14,18H,5-6,15-17H2,1-4H3,(H,30,31,32,33). The molecule has 3 heterocycles. The van der Waals surface area contributed by atoms with Crippen molar-refractivity contribution >= 4 is 11.2 Å². The van der Waals surface area contributed by atoms with Gasteiger partial charge in [0.2, 0.25) is 0 Å². The molecule has 0 aliphatic heterocycles. The molecule has 1 N–H and O–H groups in total. The van der Waals surface area contributed by atoms with Gasteiger partial charge in [0, 0.05) is 31.1 Å². The van der Waals surface area contributed by atoms with Gasteiger partial charge in [-0.3, -0.25) is 13.9 Å². The van der Waals surface area contributed by atoms with Crippen LogP contribution >= 0.6 is 0 Å². The number of aromatic amines is 1. The second-order valence-electron chi connectivity index (χ2n) is 9.77. The third-order valence-electron chi connectivity index (χ3n) is 6.69. The molecule has 0 saturated heterocycles. The van der Waals surface area contributed by atoms with Crippen LogP contribution in [0.5, 0.6) is 0 Å². The molecule has 0 spiro atoms. The predicted molar refractivity (Wildman–Crippen MR) is 147 cm³/mol. The lowest BCUT2D eigenvalue weighted by atomic mass is 9.98. The summed E-state index contributed by atoms with van der Waals surface area (Å²) in [6, 6.07) is 16.2. The summed E-state index contributed by atoms with van der Waals surface area (Å²) in [7, 11) is 0. The van der Waals surface area contributed by atoms with Crippen molar-refractivity contribution in [2.24, 2.45) is 0 Å². The highest BCUT2D eigenvalue weighted by Crippen LogP contribution is 2.30. The van der Waals surface area contributed by atoms with E-state index in [1.54, 1.807) is 4.57 Å². The maximum Gasteiger partial charge on any atom is 0.332 e. The number of benzene rings is 2. The quantitative estimate of drug-likeness (QED) is 0.316. The molecule has 0 fully saturated rings. The fraction of sp³-hybridized carbons (Fsp3) is 0.357. The van der Waals surface area contributed by atoms with Gasteiger partial charge in [0.25, 0.3) is 5.56 Å². The Kier molecular flexibility index (Phi) is 7.04. The Balaban J connectivity index is 1.60. The largest absolute Gasteiger partial charge is 0.332 e. The monoisotopic (exact) mass is 512 g/mol. The van der Waals surface area contributed by atoms with Crippen molar-refractivity contribution in [1.82, 2.24) is 39.3 Å². The van der Waals surface area contributed by atoms with E-state index in [9.17, 15) is 9.59 Å². The number of nitrogens with zero attached hydrogens (tertiary/aromatic N) is 7. The number of rotatable bonds is 9. The van der Waals surface area contributed by atoms with Crippen LogP contribution in [0.1, 0.15) is 57.8 Å². The zero-order valence-corrected chi connectivity index (χ0v) is 22.2. The van der Waals surface area contributed by atoms with Crippen molar-refractivity contribution in [1.29, 1.82) is 0 Å². The Morgan fingerprint density at radius 2 is 1.55 bits per heavy atom. The normalized spacial score (nSPS) is 11.6. The van der Waals surface area contributed by atoms with E-state index < -0.39 is 0 Å². The van der Waals surface area contributed by atoms with Gasteiger partial charge in [0.15, 0.2) is 17.0 Å². The Hall–Kier alpha value is -4.34. The lowest BCUT2D eigenvalue weighted by molar-refractivity contribution is 0.554. The number of H-pyrrole nitrogens is 1. The summed E-state index contributed by atoms with van der Waals surface area (Å²) >= 11 is 0. The first kappa shape index (κ1) is 25.3. The van der Waals surface area contributed by atoms with Gasteiger partial charge in [-0.15, -0.1) is 5.10 Å². The first-order valence-electron chi connectivity index (χ1n) is 13.1. The average molecular weight is 513 g/mol. The van der Waals surface area contributed by atoms with Gasteiger partial charge in [-0.2, -0.15) is 0 Å². The first-order valence-corrected chi connectivity index (χ1v) is 13.1. The second kappa shape index (κ2) is 10.6. The lowest BCUT2D eigenvalue weighted by Crippen LogP contribution is -2.40. The zero-order chi connectivity index (χ0) is 26.8. The summed E-state index contributed by atoms with van der Waals surface area (Å²) in [6.07, 6.45) is 1.47. The van der Waals surface area contributed by atoms with E-state index in [1.807, 2.05) is 42.7 Å². The summed E-state index contributed by atoms with van der Waals surface area (Å²) in [5.74, 6) is 1.48. The highest BCUT2D eigenvalue weighted by atomic mass is 16.2. The maximum absolute atomic E-state index is 13.6. The highest BCUT2D eigenvalue weighted by Gasteiger charge is 2.22. The van der Waals surface area contributed by atoms with Crippen LogP contribution in [-0.4, -0.2) is 39.3 Å². The number of tetrazole rings is 1. The van der Waals surface area contributed by atoms with Gasteiger partial charge in [-0.25, -0.2) is 14.9 Å². The zero-order valence-electron chi connectivity index (χ0n) is 22.2. The van der Waals surface area contributed by atoms with Crippen LogP contribution in [0.2, 0.25) is 0 Å². The molecule has 5 aromatic rings. The van der Waals surface area contributed by atoms with E-state index in [2.05, 4.69) is 58.7 Å². The van der Waals surface area contributed by atoms with E-state index in [0.29, 0.717) is 43.0 Å². The van der Waals surface area contributed by atoms with Crippen molar-refractivity contribution in [2.75, 3.05) is 0 Å². The van der Waals surface area contributed by atoms with Crippen LogP contribution in [0.15, 0.2) is 58.1 Å². The minimum absolute atomic E-state index is 0.0771. The molecule has 10 heteroatoms. The number of hydrogen-bond acceptors (Lipinski definition) is 6. The Labute approximate surface area is 220 Å². The van der Waals surface area contributed by atoms with Crippen LogP contribution in [0, 0.1) is 0 Å². The molecule has 0 aliphatic rings. The van der Waals surface area contributed by atoms with E-state index in [4.69, 9.17) is 4.98 Å². The molecule has 2 aromatic carbocycles. The average Bonchev–Trinajstić information content (AvgIpc) is 3.59. The van der Waals surface area contributed by atoms with Gasteiger partial charge < -0.3 is 4.57 Å². The van der Waals surface area contributed by atoms with Crippen LogP contribution in [0.3, 0.4) is 0 Å². The van der Waals surface area contributed by atoms with Crippen molar-refractivity contribution in [3.63, 3.8) is 0 Å². The maximum atomic E-state index is 13.6. The van der Waals surface area contributed by atoms with E-state index in [-0.39, 0.29) is 17.2 Å². The number of aryl methyl sites for hydroxylation is 1. The molecule has 10 nitrogen and oxygen atoms in total.